The van der Waals surface area contributed by atoms with Crippen LogP contribution in [-0.4, -0.2) is 23.4 Å². The quantitative estimate of drug-likeness (QED) is 0.833. The predicted octanol–water partition coefficient (Wildman–Crippen LogP) is 4.88. The first-order valence-corrected chi connectivity index (χ1v) is 8.48. The predicted molar refractivity (Wildman–Crippen MR) is 88.2 cm³/mol. The lowest BCUT2D eigenvalue weighted by atomic mass is 9.75. The summed E-state index contributed by atoms with van der Waals surface area (Å²) in [6, 6.07) is 5.42. The molecule has 1 aromatic carbocycles. The SMILES string of the molecule is CCOC1(C(O)Cc2ccc(Cl)cc2Cl)CCC(C)CC1. The molecule has 2 nitrogen and oxygen atoms in total. The lowest BCUT2D eigenvalue weighted by Gasteiger charge is -2.42. The molecule has 1 saturated carbocycles. The third-order valence-electron chi connectivity index (χ3n) is 4.59. The Morgan fingerprint density at radius 2 is 2.00 bits per heavy atom. The monoisotopic (exact) mass is 330 g/mol. The number of halogens is 2. The molecule has 0 radical (unpaired) electrons. The zero-order chi connectivity index (χ0) is 15.5. The maximum Gasteiger partial charge on any atom is 0.0943 e. The van der Waals surface area contributed by atoms with E-state index in [9.17, 15) is 5.11 Å². The molecule has 2 rings (SSSR count). The molecule has 1 unspecified atom stereocenters. The van der Waals surface area contributed by atoms with Crippen molar-refractivity contribution in [3.63, 3.8) is 0 Å². The Hall–Kier alpha value is -0.280. The van der Waals surface area contributed by atoms with Crippen molar-refractivity contribution >= 4 is 23.2 Å². The van der Waals surface area contributed by atoms with E-state index in [4.69, 9.17) is 27.9 Å². The Bertz CT molecular complexity index is 468. The number of hydrogen-bond acceptors (Lipinski definition) is 2. The van der Waals surface area contributed by atoms with Crippen LogP contribution in [-0.2, 0) is 11.2 Å². The lowest BCUT2D eigenvalue weighted by Crippen LogP contribution is -2.48. The Morgan fingerprint density at radius 3 is 2.57 bits per heavy atom. The first kappa shape index (κ1) is 17.1. The molecule has 1 atom stereocenters. The molecule has 1 aromatic rings. The number of hydrogen-bond donors (Lipinski definition) is 1. The maximum atomic E-state index is 10.8. The van der Waals surface area contributed by atoms with Gasteiger partial charge >= 0.3 is 0 Å². The molecule has 4 heteroatoms. The third-order valence-corrected chi connectivity index (χ3v) is 5.18. The summed E-state index contributed by atoms with van der Waals surface area (Å²) in [6.45, 7) is 4.87. The maximum absolute atomic E-state index is 10.8. The number of ether oxygens (including phenoxy) is 1. The summed E-state index contributed by atoms with van der Waals surface area (Å²) < 4.78 is 6.00. The van der Waals surface area contributed by atoms with E-state index < -0.39 is 11.7 Å². The largest absolute Gasteiger partial charge is 0.390 e. The van der Waals surface area contributed by atoms with Crippen LogP contribution in [0.3, 0.4) is 0 Å². The van der Waals surface area contributed by atoms with Crippen molar-refractivity contribution in [2.24, 2.45) is 5.92 Å². The van der Waals surface area contributed by atoms with Crippen LogP contribution in [0.15, 0.2) is 18.2 Å². The molecule has 1 aliphatic carbocycles. The normalized spacial score (nSPS) is 27.6. The van der Waals surface area contributed by atoms with Crippen molar-refractivity contribution < 1.29 is 9.84 Å². The van der Waals surface area contributed by atoms with Crippen molar-refractivity contribution in [3.05, 3.63) is 33.8 Å². The highest BCUT2D eigenvalue weighted by Gasteiger charge is 2.41. The van der Waals surface area contributed by atoms with Crippen LogP contribution < -0.4 is 0 Å². The van der Waals surface area contributed by atoms with Crippen LogP contribution in [0.25, 0.3) is 0 Å². The van der Waals surface area contributed by atoms with Gasteiger partial charge in [0, 0.05) is 23.1 Å². The van der Waals surface area contributed by atoms with Crippen LogP contribution in [0, 0.1) is 5.92 Å². The van der Waals surface area contributed by atoms with Gasteiger partial charge in [0.2, 0.25) is 0 Å². The van der Waals surface area contributed by atoms with Gasteiger partial charge in [0.1, 0.15) is 0 Å². The van der Waals surface area contributed by atoms with Crippen LogP contribution in [0.2, 0.25) is 10.0 Å². The standard InChI is InChI=1S/C17H24Cl2O2/c1-3-21-17(8-6-12(2)7-9-17)16(20)10-13-4-5-14(18)11-15(13)19/h4-5,11-12,16,20H,3,6-10H2,1-2H3. The highest BCUT2D eigenvalue weighted by molar-refractivity contribution is 6.35. The molecule has 0 amide bonds. The van der Waals surface area contributed by atoms with Gasteiger partial charge < -0.3 is 9.84 Å². The molecule has 0 heterocycles. The van der Waals surface area contributed by atoms with Crippen molar-refractivity contribution in [2.45, 2.75) is 57.7 Å². The molecule has 0 aliphatic heterocycles. The Kier molecular flexibility index (Phi) is 5.96. The second-order valence-electron chi connectivity index (χ2n) is 6.14. The molecule has 1 aliphatic rings. The van der Waals surface area contributed by atoms with Crippen LogP contribution in [0.1, 0.15) is 45.1 Å². The minimum absolute atomic E-state index is 0.426. The fourth-order valence-electron chi connectivity index (χ4n) is 3.19. The number of benzene rings is 1. The van der Waals surface area contributed by atoms with Crippen LogP contribution in [0.5, 0.6) is 0 Å². The zero-order valence-corrected chi connectivity index (χ0v) is 14.3. The summed E-state index contributed by atoms with van der Waals surface area (Å²) in [6.07, 6.45) is 3.99. The lowest BCUT2D eigenvalue weighted by molar-refractivity contribution is -0.143. The molecular formula is C17H24Cl2O2. The van der Waals surface area contributed by atoms with E-state index in [1.807, 2.05) is 19.1 Å². The first-order chi connectivity index (χ1) is 9.97. The number of rotatable bonds is 5. The average Bonchev–Trinajstić information content (AvgIpc) is 2.45. The summed E-state index contributed by atoms with van der Waals surface area (Å²) in [5.74, 6) is 0.713. The number of aliphatic hydroxyl groups excluding tert-OH is 1. The molecule has 118 valence electrons. The van der Waals surface area contributed by atoms with E-state index in [-0.39, 0.29) is 0 Å². The molecule has 0 spiro atoms. The fourth-order valence-corrected chi connectivity index (χ4v) is 3.68. The van der Waals surface area contributed by atoms with Gasteiger partial charge in [0.05, 0.1) is 11.7 Å². The topological polar surface area (TPSA) is 29.5 Å². The summed E-state index contributed by atoms with van der Waals surface area (Å²) >= 11 is 12.1. The highest BCUT2D eigenvalue weighted by Crippen LogP contribution is 2.39. The van der Waals surface area contributed by atoms with Gasteiger partial charge in [-0.1, -0.05) is 36.2 Å². The van der Waals surface area contributed by atoms with Crippen molar-refractivity contribution in [1.29, 1.82) is 0 Å². The molecule has 21 heavy (non-hydrogen) atoms. The molecule has 0 aromatic heterocycles. The molecule has 0 bridgehead atoms. The molecule has 0 saturated heterocycles. The van der Waals surface area contributed by atoms with E-state index in [2.05, 4.69) is 6.92 Å². The Morgan fingerprint density at radius 1 is 1.33 bits per heavy atom. The van der Waals surface area contributed by atoms with Crippen LogP contribution in [0.4, 0.5) is 0 Å². The van der Waals surface area contributed by atoms with Crippen molar-refractivity contribution in [1.82, 2.24) is 0 Å². The smallest absolute Gasteiger partial charge is 0.0943 e. The van der Waals surface area contributed by atoms with E-state index in [1.54, 1.807) is 6.07 Å². The summed E-state index contributed by atoms with van der Waals surface area (Å²) in [4.78, 5) is 0. The zero-order valence-electron chi connectivity index (χ0n) is 12.7. The second kappa shape index (κ2) is 7.32. The van der Waals surface area contributed by atoms with Crippen molar-refractivity contribution in [2.75, 3.05) is 6.61 Å². The first-order valence-electron chi connectivity index (χ1n) is 7.73. The van der Waals surface area contributed by atoms with Gasteiger partial charge in [-0.2, -0.15) is 0 Å². The van der Waals surface area contributed by atoms with Gasteiger partial charge in [-0.15, -0.1) is 0 Å². The number of aliphatic hydroxyl groups is 1. The second-order valence-corrected chi connectivity index (χ2v) is 6.98. The van der Waals surface area contributed by atoms with E-state index in [0.717, 1.165) is 31.2 Å². The molecular weight excluding hydrogens is 307 g/mol. The summed E-state index contributed by atoms with van der Waals surface area (Å²) in [5, 5.41) is 12.0. The third kappa shape index (κ3) is 4.13. The van der Waals surface area contributed by atoms with Crippen LogP contribution >= 0.6 is 23.2 Å². The molecule has 1 fully saturated rings. The molecule has 1 N–H and O–H groups in total. The van der Waals surface area contributed by atoms with Gasteiger partial charge in [0.15, 0.2) is 0 Å². The summed E-state index contributed by atoms with van der Waals surface area (Å²) in [5.41, 5.74) is 0.496. The van der Waals surface area contributed by atoms with E-state index in [1.165, 1.54) is 0 Å². The van der Waals surface area contributed by atoms with Gasteiger partial charge in [-0.05, 0) is 56.2 Å². The highest BCUT2D eigenvalue weighted by atomic mass is 35.5. The minimum atomic E-state index is -0.538. The van der Waals surface area contributed by atoms with Gasteiger partial charge in [-0.25, -0.2) is 0 Å². The Balaban J connectivity index is 2.13. The van der Waals surface area contributed by atoms with E-state index in [0.29, 0.717) is 29.0 Å². The van der Waals surface area contributed by atoms with Gasteiger partial charge in [0.25, 0.3) is 0 Å². The summed E-state index contributed by atoms with van der Waals surface area (Å²) in [7, 11) is 0. The Labute approximate surface area is 137 Å². The average molecular weight is 331 g/mol. The van der Waals surface area contributed by atoms with Crippen molar-refractivity contribution in [3.8, 4) is 0 Å². The van der Waals surface area contributed by atoms with E-state index >= 15 is 0 Å². The minimum Gasteiger partial charge on any atom is -0.390 e. The van der Waals surface area contributed by atoms with Gasteiger partial charge in [-0.3, -0.25) is 0 Å². The fraction of sp³-hybridized carbons (Fsp3) is 0.647.